The van der Waals surface area contributed by atoms with Crippen LogP contribution in [0.3, 0.4) is 0 Å². The van der Waals surface area contributed by atoms with E-state index in [2.05, 4.69) is 30.3 Å². The lowest BCUT2D eigenvalue weighted by Crippen LogP contribution is -2.27. The lowest BCUT2D eigenvalue weighted by atomic mass is 10.2. The molecule has 1 amide bonds. The Morgan fingerprint density at radius 2 is 2.24 bits per heavy atom. The summed E-state index contributed by atoms with van der Waals surface area (Å²) in [4.78, 5) is 19.7. The molecular formula is C13H16FN5O2. The molecular weight excluding hydrogens is 277 g/mol. The Kier molecular flexibility index (Phi) is 5.19. The number of amides is 1. The predicted molar refractivity (Wildman–Crippen MR) is 73.3 cm³/mol. The van der Waals surface area contributed by atoms with Crippen LogP contribution in [0.2, 0.25) is 0 Å². The molecule has 2 heterocycles. The highest BCUT2D eigenvalue weighted by atomic mass is 19.1. The maximum Gasteiger partial charge on any atom is 0.254 e. The molecule has 0 spiro atoms. The standard InChI is InChI=1S/C13H16FN5O2/c1-2-5-15-12-11(14)9(3-6-16-12)13(20)17-7-4-10-18-8-21-19-10/h3,6,8H,2,4-5,7H2,1H3,(H,15,16)(H,17,20). The summed E-state index contributed by atoms with van der Waals surface area (Å²) in [5.74, 6) is -0.584. The molecule has 0 fully saturated rings. The van der Waals surface area contributed by atoms with Crippen LogP contribution in [0.5, 0.6) is 0 Å². The molecule has 0 aromatic carbocycles. The van der Waals surface area contributed by atoms with E-state index in [0.29, 0.717) is 18.8 Å². The van der Waals surface area contributed by atoms with Crippen LogP contribution in [0, 0.1) is 5.82 Å². The van der Waals surface area contributed by atoms with Gasteiger partial charge in [-0.3, -0.25) is 4.79 Å². The average Bonchev–Trinajstić information content (AvgIpc) is 2.99. The Bertz CT molecular complexity index is 588. The normalized spacial score (nSPS) is 10.4. The molecule has 8 heteroatoms. The minimum atomic E-state index is -0.650. The Balaban J connectivity index is 1.95. The summed E-state index contributed by atoms with van der Waals surface area (Å²) in [6.45, 7) is 2.84. The summed E-state index contributed by atoms with van der Waals surface area (Å²) in [5.41, 5.74) is -0.0447. The maximum atomic E-state index is 14.1. The number of hydrogen-bond donors (Lipinski definition) is 2. The number of nitrogens with zero attached hydrogens (tertiary/aromatic N) is 3. The van der Waals surface area contributed by atoms with Crippen molar-refractivity contribution >= 4 is 11.7 Å². The summed E-state index contributed by atoms with van der Waals surface area (Å²) in [6.07, 6.45) is 3.86. The fraction of sp³-hybridized carbons (Fsp3) is 0.385. The maximum absolute atomic E-state index is 14.1. The first-order chi connectivity index (χ1) is 10.2. The molecule has 2 N–H and O–H groups in total. The SMILES string of the molecule is CCCNc1nccc(C(=O)NCCc2ncon2)c1F. The van der Waals surface area contributed by atoms with Crippen molar-refractivity contribution in [3.63, 3.8) is 0 Å². The van der Waals surface area contributed by atoms with Gasteiger partial charge in [-0.05, 0) is 12.5 Å². The second kappa shape index (κ2) is 7.32. The largest absolute Gasteiger partial charge is 0.368 e. The van der Waals surface area contributed by atoms with Crippen molar-refractivity contribution in [2.24, 2.45) is 0 Å². The van der Waals surface area contributed by atoms with E-state index in [1.165, 1.54) is 18.7 Å². The van der Waals surface area contributed by atoms with Crippen LogP contribution in [0.1, 0.15) is 29.5 Å². The zero-order valence-corrected chi connectivity index (χ0v) is 11.6. The molecule has 2 aromatic heterocycles. The third-order valence-corrected chi connectivity index (χ3v) is 2.72. The van der Waals surface area contributed by atoms with E-state index in [0.717, 1.165) is 6.42 Å². The molecule has 0 aliphatic carbocycles. The fourth-order valence-electron chi connectivity index (χ4n) is 1.67. The van der Waals surface area contributed by atoms with E-state index in [1.807, 2.05) is 6.92 Å². The van der Waals surface area contributed by atoms with Crippen molar-refractivity contribution < 1.29 is 13.7 Å². The Labute approximate surface area is 121 Å². The molecule has 21 heavy (non-hydrogen) atoms. The van der Waals surface area contributed by atoms with E-state index in [1.54, 1.807) is 0 Å². The molecule has 2 aromatic rings. The van der Waals surface area contributed by atoms with Gasteiger partial charge in [-0.25, -0.2) is 9.37 Å². The zero-order valence-electron chi connectivity index (χ0n) is 11.6. The zero-order chi connectivity index (χ0) is 15.1. The van der Waals surface area contributed by atoms with Gasteiger partial charge >= 0.3 is 0 Å². The third kappa shape index (κ3) is 3.98. The van der Waals surface area contributed by atoms with E-state index < -0.39 is 11.7 Å². The average molecular weight is 293 g/mol. The predicted octanol–water partition coefficient (Wildman–Crippen LogP) is 1.40. The first-order valence-corrected chi connectivity index (χ1v) is 6.64. The van der Waals surface area contributed by atoms with E-state index in [-0.39, 0.29) is 17.9 Å². The number of anilines is 1. The number of nitrogens with one attached hydrogen (secondary N) is 2. The number of carbonyl (C=O) groups excluding carboxylic acids is 1. The van der Waals surface area contributed by atoms with Gasteiger partial charge in [0.15, 0.2) is 17.5 Å². The lowest BCUT2D eigenvalue weighted by Gasteiger charge is -2.09. The second-order valence-corrected chi connectivity index (χ2v) is 4.30. The molecule has 0 saturated heterocycles. The van der Waals surface area contributed by atoms with Gasteiger partial charge in [0, 0.05) is 25.7 Å². The van der Waals surface area contributed by atoms with Gasteiger partial charge in [-0.2, -0.15) is 4.98 Å². The van der Waals surface area contributed by atoms with Crippen molar-refractivity contribution in [1.82, 2.24) is 20.4 Å². The van der Waals surface area contributed by atoms with Gasteiger partial charge in [0.1, 0.15) is 0 Å². The van der Waals surface area contributed by atoms with Crippen LogP contribution < -0.4 is 10.6 Å². The van der Waals surface area contributed by atoms with Crippen molar-refractivity contribution in [2.45, 2.75) is 19.8 Å². The summed E-state index contributed by atoms with van der Waals surface area (Å²) in [5, 5.41) is 9.06. The molecule has 2 rings (SSSR count). The molecule has 0 radical (unpaired) electrons. The number of pyridine rings is 1. The van der Waals surface area contributed by atoms with Crippen LogP contribution in [-0.2, 0) is 6.42 Å². The third-order valence-electron chi connectivity index (χ3n) is 2.72. The highest BCUT2D eigenvalue weighted by Crippen LogP contribution is 2.14. The smallest absolute Gasteiger partial charge is 0.254 e. The number of hydrogen-bond acceptors (Lipinski definition) is 6. The van der Waals surface area contributed by atoms with Crippen molar-refractivity contribution in [3.8, 4) is 0 Å². The molecule has 0 aliphatic rings. The molecule has 0 aliphatic heterocycles. The second-order valence-electron chi connectivity index (χ2n) is 4.30. The van der Waals surface area contributed by atoms with Gasteiger partial charge in [-0.1, -0.05) is 12.1 Å². The summed E-state index contributed by atoms with van der Waals surface area (Å²) >= 11 is 0. The highest BCUT2D eigenvalue weighted by Gasteiger charge is 2.15. The Hall–Kier alpha value is -2.51. The number of carbonyl (C=O) groups is 1. The quantitative estimate of drug-likeness (QED) is 0.801. The highest BCUT2D eigenvalue weighted by molar-refractivity contribution is 5.95. The minimum Gasteiger partial charge on any atom is -0.368 e. The number of aromatic nitrogens is 3. The van der Waals surface area contributed by atoms with Crippen LogP contribution in [-0.4, -0.2) is 34.1 Å². The first kappa shape index (κ1) is 14.9. The van der Waals surface area contributed by atoms with Crippen LogP contribution in [0.15, 0.2) is 23.2 Å². The summed E-state index contributed by atoms with van der Waals surface area (Å²) in [6, 6.07) is 1.34. The minimum absolute atomic E-state index is 0.0447. The molecule has 0 saturated carbocycles. The molecule has 0 unspecified atom stereocenters. The van der Waals surface area contributed by atoms with Gasteiger partial charge in [-0.15, -0.1) is 0 Å². The van der Waals surface area contributed by atoms with Crippen molar-refractivity contribution in [2.75, 3.05) is 18.4 Å². The fourth-order valence-corrected chi connectivity index (χ4v) is 1.67. The molecule has 7 nitrogen and oxygen atoms in total. The number of rotatable bonds is 7. The van der Waals surface area contributed by atoms with Crippen molar-refractivity contribution in [3.05, 3.63) is 35.9 Å². The van der Waals surface area contributed by atoms with Gasteiger partial charge < -0.3 is 15.2 Å². The van der Waals surface area contributed by atoms with E-state index in [4.69, 9.17) is 0 Å². The lowest BCUT2D eigenvalue weighted by molar-refractivity contribution is 0.0950. The van der Waals surface area contributed by atoms with Crippen LogP contribution >= 0.6 is 0 Å². The first-order valence-electron chi connectivity index (χ1n) is 6.64. The van der Waals surface area contributed by atoms with Gasteiger partial charge in [0.25, 0.3) is 5.91 Å². The van der Waals surface area contributed by atoms with E-state index >= 15 is 0 Å². The monoisotopic (exact) mass is 293 g/mol. The molecule has 0 bridgehead atoms. The molecule has 112 valence electrons. The molecule has 0 atom stereocenters. The van der Waals surface area contributed by atoms with Gasteiger partial charge in [0.05, 0.1) is 5.56 Å². The van der Waals surface area contributed by atoms with Crippen LogP contribution in [0.4, 0.5) is 10.2 Å². The Morgan fingerprint density at radius 1 is 1.38 bits per heavy atom. The summed E-state index contributed by atoms with van der Waals surface area (Å²) in [7, 11) is 0. The van der Waals surface area contributed by atoms with E-state index in [9.17, 15) is 9.18 Å². The summed E-state index contributed by atoms with van der Waals surface area (Å²) < 4.78 is 18.7. The van der Waals surface area contributed by atoms with Crippen molar-refractivity contribution in [1.29, 1.82) is 0 Å². The van der Waals surface area contributed by atoms with Gasteiger partial charge in [0.2, 0.25) is 6.39 Å². The van der Waals surface area contributed by atoms with Crippen LogP contribution in [0.25, 0.3) is 0 Å². The Morgan fingerprint density at radius 3 is 2.95 bits per heavy atom. The number of halogens is 1. The topological polar surface area (TPSA) is 92.9 Å².